The van der Waals surface area contributed by atoms with E-state index in [0.29, 0.717) is 33.6 Å². The van der Waals surface area contributed by atoms with Crippen LogP contribution in [0.5, 0.6) is 0 Å². The van der Waals surface area contributed by atoms with Gasteiger partial charge < -0.3 is 116 Å². The number of imidazole rings is 6. The summed E-state index contributed by atoms with van der Waals surface area (Å²) in [6.07, 6.45) is -11.5. The number of aliphatic hydroxyl groups excluding tert-OH is 3. The fourth-order valence-electron chi connectivity index (χ4n) is 16.2. The van der Waals surface area contributed by atoms with Crippen LogP contribution in [-0.2, 0) is 137 Å². The number of nitrogens with two attached hydrogens (primary N) is 6. The fraction of sp³-hybridized carbons (Fsp3) is 0.462. The number of ether oxygens (including phenoxy) is 4. The molecule has 0 radical (unpaired) electrons. The maximum atomic E-state index is 16.1. The van der Waals surface area contributed by atoms with E-state index in [1.807, 2.05) is 0 Å². The Hall–Kier alpha value is -7.37. The number of pyridine rings is 3. The number of rotatable bonds is 6. The lowest BCUT2D eigenvalue weighted by Crippen LogP contribution is -2.47. The van der Waals surface area contributed by atoms with Crippen molar-refractivity contribution in [1.82, 2.24) is 102 Å². The van der Waals surface area contributed by atoms with Gasteiger partial charge in [0, 0.05) is 18.6 Å². The molecular formula is C65H72F3N27O28P6S8. The molecule has 0 amide bonds. The summed E-state index contributed by atoms with van der Waals surface area (Å²) in [5, 5.41) is 30.4. The molecule has 0 spiro atoms. The maximum absolute atomic E-state index is 16.1. The molecule has 0 saturated carbocycles. The molecule has 72 heteroatoms. The number of aliphatic hydroxyl groups is 3. The average molecular weight is 2180 g/mol. The van der Waals surface area contributed by atoms with Crippen LogP contribution in [0.25, 0.3) is 67.0 Å². The van der Waals surface area contributed by atoms with Gasteiger partial charge in [-0.2, -0.15) is 15.0 Å². The highest BCUT2D eigenvalue weighted by Crippen LogP contribution is 2.63. The predicted octanol–water partition coefficient (Wildman–Crippen LogP) is 0.678. The van der Waals surface area contributed by atoms with E-state index in [4.69, 9.17) is 173 Å². The van der Waals surface area contributed by atoms with Crippen molar-refractivity contribution in [2.24, 2.45) is 0 Å². The topological polar surface area (TPSA) is 766 Å². The molecule has 137 heavy (non-hydrogen) atoms. The standard InChI is InChI=1S/C23H24FN9O10P2S2.2C21H24FN9O9P2S3/c1-2-23-6-39-45(37,47)42-15-11(24)10(40-21(15)33-8-29-13-18(33)30-22(26)31-19(13)35)5-38-44(36,46)43-16(23)14(34)20(41-23)32-7-28-12-9(25)3-4-27-17(12)32;2*22-10-14-8(38-19(10)30-5-26-11-7(23)1-2-25-16(11)30)3-36-41(34,43)40-15-13(32)9(4-37-42(35,44)39-14)45-20(15)31-6-27-12-17(31)28-21(24)29-18(12)33/h1,3-4,7-8,10-11,14-16,20-21,34H,5-6H2,(H2,25,27)(H,36,46)(H,37,47)(H3,26,30,31,35);2*1-2,5-6,8-10,13-15,19-20,32H,3-4H2,(H2,23,25)(H,34,43)(H,35,44)(H3,24,28,29,33)/t10-,11+,14-,15-,16+,20-,21-,23-,44?,45?;2*8-,9-,10+,13-,14-,15-,19-,20-,41?,42?/m111/s1. The number of hydrogen-bond donors (Lipinski definition) is 18. The van der Waals surface area contributed by atoms with E-state index in [0.717, 1.165) is 34.4 Å². The van der Waals surface area contributed by atoms with Crippen LogP contribution in [0.4, 0.5) is 48.1 Å². The summed E-state index contributed by atoms with van der Waals surface area (Å²) in [4.78, 5) is 149. The van der Waals surface area contributed by atoms with Crippen molar-refractivity contribution in [3.05, 3.63) is 106 Å². The monoisotopic (exact) mass is 2180 g/mol. The molecule has 9 aliphatic rings. The Balaban J connectivity index is 0.000000132. The number of thioether (sulfide) groups is 2. The smallest absolute Gasteiger partial charge is 0.386 e. The van der Waals surface area contributed by atoms with Crippen LogP contribution < -0.4 is 51.1 Å². The lowest BCUT2D eigenvalue weighted by atomic mass is 9.97. The van der Waals surface area contributed by atoms with Crippen molar-refractivity contribution in [3.63, 3.8) is 0 Å². The van der Waals surface area contributed by atoms with Crippen LogP contribution in [0.2, 0.25) is 0 Å². The van der Waals surface area contributed by atoms with Crippen molar-refractivity contribution in [2.75, 3.05) is 74.0 Å². The van der Waals surface area contributed by atoms with Gasteiger partial charge in [-0.3, -0.25) is 88.4 Å². The van der Waals surface area contributed by atoms with Gasteiger partial charge in [0.25, 0.3) is 16.7 Å². The zero-order valence-corrected chi connectivity index (χ0v) is 80.4. The number of alkyl halides is 3. The largest absolute Gasteiger partial charge is 0.397 e. The van der Waals surface area contributed by atoms with Gasteiger partial charge in [-0.1, -0.05) is 18.2 Å². The first-order chi connectivity index (χ1) is 64.9. The third-order valence-corrected chi connectivity index (χ3v) is 35.0. The van der Waals surface area contributed by atoms with Gasteiger partial charge >= 0.3 is 40.4 Å². The molecule has 9 saturated heterocycles. The Morgan fingerprint density at radius 3 is 1.21 bits per heavy atom. The second kappa shape index (κ2) is 37.4. The third-order valence-electron chi connectivity index (χ3n) is 22.5. The number of anilines is 6. The molecule has 21 heterocycles. The van der Waals surface area contributed by atoms with Crippen molar-refractivity contribution in [1.29, 1.82) is 0 Å². The highest BCUT2D eigenvalue weighted by molar-refractivity contribution is 8.44. The van der Waals surface area contributed by atoms with Gasteiger partial charge in [0.15, 0.2) is 99.5 Å². The molecule has 0 aromatic carbocycles. The molecule has 0 aliphatic carbocycles. The number of thiol groups is 1. The second-order valence-corrected chi connectivity index (χ2v) is 50.7. The van der Waals surface area contributed by atoms with Crippen molar-refractivity contribution in [2.45, 2.75) is 144 Å². The Morgan fingerprint density at radius 1 is 0.431 bits per heavy atom. The molecule has 55 nitrogen and oxygen atoms in total. The number of H-pyrrole nitrogens is 3. The zero-order valence-electron chi connectivity index (χ0n) is 68.4. The van der Waals surface area contributed by atoms with E-state index < -0.39 is 234 Å². The van der Waals surface area contributed by atoms with Crippen LogP contribution >= 0.6 is 76.2 Å². The summed E-state index contributed by atoms with van der Waals surface area (Å²) in [5.74, 6) is 1.72. The lowest BCUT2D eigenvalue weighted by molar-refractivity contribution is -0.0912. The Bertz CT molecular complexity index is 7050. The molecule has 21 rings (SSSR count). The van der Waals surface area contributed by atoms with Gasteiger partial charge in [0.2, 0.25) is 17.8 Å². The van der Waals surface area contributed by atoms with Crippen LogP contribution in [0.1, 0.15) is 35.7 Å². The van der Waals surface area contributed by atoms with Gasteiger partial charge in [0.05, 0.1) is 117 Å². The summed E-state index contributed by atoms with van der Waals surface area (Å²) in [6, 6.07) is 4.60. The van der Waals surface area contributed by atoms with Crippen LogP contribution in [0.3, 0.4) is 0 Å². The number of aromatic amines is 3. The number of aromatic nitrogens is 21. The summed E-state index contributed by atoms with van der Waals surface area (Å²) >= 11 is 32.4. The quantitative estimate of drug-likeness (QED) is 0.0618. The Labute approximate surface area is 800 Å². The molecule has 30 atom stereocenters. The molecule has 12 aromatic rings. The van der Waals surface area contributed by atoms with Crippen LogP contribution in [0.15, 0.2) is 89.1 Å². The van der Waals surface area contributed by atoms with Crippen LogP contribution in [-0.4, -0.2) is 289 Å². The number of nitrogen functional groups attached to an aromatic ring is 6. The normalized spacial score (nSPS) is 37.8. The van der Waals surface area contributed by atoms with E-state index in [9.17, 15) is 58.7 Å². The third kappa shape index (κ3) is 19.0. The first kappa shape index (κ1) is 98.4. The highest BCUT2D eigenvalue weighted by Gasteiger charge is 2.62. The van der Waals surface area contributed by atoms with E-state index in [1.54, 1.807) is 0 Å². The van der Waals surface area contributed by atoms with E-state index in [1.165, 1.54) is 91.3 Å². The molecule has 12 aromatic heterocycles. The van der Waals surface area contributed by atoms with Crippen molar-refractivity contribution < 1.29 is 131 Å². The molecule has 23 N–H and O–H groups in total. The highest BCUT2D eigenvalue weighted by atomic mass is 32.7. The lowest BCUT2D eigenvalue weighted by Gasteiger charge is -2.33. The minimum absolute atomic E-state index is 0.0330. The van der Waals surface area contributed by atoms with Gasteiger partial charge in [0.1, 0.15) is 88.3 Å². The molecule has 9 aliphatic heterocycles. The van der Waals surface area contributed by atoms with Gasteiger partial charge in [-0.25, -0.2) is 62.6 Å². The van der Waals surface area contributed by atoms with Crippen molar-refractivity contribution in [3.8, 4) is 12.3 Å². The number of nitrogens with zero attached hydrogens (tertiary/aromatic N) is 18. The van der Waals surface area contributed by atoms with E-state index in [2.05, 4.69) is 92.9 Å². The zero-order chi connectivity index (χ0) is 97.1. The Morgan fingerprint density at radius 2 is 0.774 bits per heavy atom. The maximum Gasteiger partial charge on any atom is 0.386 e. The number of hydrogen-bond acceptors (Lipinski definition) is 48. The summed E-state index contributed by atoms with van der Waals surface area (Å²) in [7, 11) is 0. The first-order valence-electron chi connectivity index (χ1n) is 39.6. The number of halogens is 3. The molecule has 6 bridgehead atoms. The second-order valence-electron chi connectivity index (χ2n) is 31.1. The van der Waals surface area contributed by atoms with Gasteiger partial charge in [-0.15, -0.1) is 29.9 Å². The molecule has 9 fully saturated rings. The minimum Gasteiger partial charge on any atom is -0.397 e. The summed E-state index contributed by atoms with van der Waals surface area (Å²) in [5.41, 5.74) is 33.5. The van der Waals surface area contributed by atoms with Gasteiger partial charge in [-0.05, 0) is 77.2 Å². The van der Waals surface area contributed by atoms with E-state index in [-0.39, 0.29) is 74.9 Å². The van der Waals surface area contributed by atoms with E-state index >= 15 is 13.2 Å². The minimum atomic E-state index is -4.45. The first-order valence-corrected chi connectivity index (χ1v) is 57.1. The Kier molecular flexibility index (Phi) is 26.9. The number of terminal acetylenes is 1. The fourth-order valence-corrected chi connectivity index (χ4v) is 28.2. The number of nitrogens with one attached hydrogen (secondary N) is 3. The average Bonchev–Trinajstić information content (AvgIpc) is 1.54. The van der Waals surface area contributed by atoms with Crippen molar-refractivity contribution >= 4 is 237 Å². The predicted molar refractivity (Wildman–Crippen MR) is 495 cm³/mol. The molecular weight excluding hydrogens is 2110 g/mol. The summed E-state index contributed by atoms with van der Waals surface area (Å²) in [6.45, 7) is -29.2. The van der Waals surface area contributed by atoms with Crippen LogP contribution in [0, 0.1) is 12.3 Å². The molecule has 734 valence electrons. The SMILES string of the molecule is C#C[C@@]12COP(O)(=S)O[C@@H]3[C@@H](F)[C@@H](COP(O)(=S)O[C@H]1[C@@H](O)[C@H](n1cnc4c(N)ccnc41)O2)O[C@H]3n1cnc2c(=O)[nH]c(N)nc21.Nc1nc2c(ncn2[C@@H]2S[C@@H]3COP(=O)(S)O[C@H]4[C@H](F)[C@H](n5cnc6c(N)ccnc65)O[C@@H]4COP(O)(=S)O[C@@H]2[C@@H]3O)c(=O)[nH]1.Nc1nc2c(ncn2[C@@H]2S[C@@H]3COP(O)(=S)O[C@H]4[C@H](F)[C@H](n5cnc6c(N)ccnc65)O[C@@H]4COP(O)(=S)O[C@@H]2[C@@H]3O)c(=O)[nH]1. The number of fused-ring (bicyclic) bond motifs is 15. The summed E-state index contributed by atoms with van der Waals surface area (Å²) < 4.78 is 161. The molecule has 6 unspecified atom stereocenters.